The van der Waals surface area contributed by atoms with Gasteiger partial charge in [-0.05, 0) is 51.1 Å². The van der Waals surface area contributed by atoms with Crippen molar-refractivity contribution in [2.24, 2.45) is 5.73 Å². The lowest BCUT2D eigenvalue weighted by Gasteiger charge is -2.29. The van der Waals surface area contributed by atoms with Gasteiger partial charge in [0.1, 0.15) is 10.8 Å². The van der Waals surface area contributed by atoms with Crippen molar-refractivity contribution in [3.63, 3.8) is 0 Å². The van der Waals surface area contributed by atoms with E-state index in [-0.39, 0.29) is 16.8 Å². The predicted octanol–water partition coefficient (Wildman–Crippen LogP) is 2.75. The molecule has 110 valence electrons. The summed E-state index contributed by atoms with van der Waals surface area (Å²) in [6, 6.07) is 5.20. The van der Waals surface area contributed by atoms with E-state index in [1.165, 1.54) is 38.4 Å². The minimum Gasteiger partial charge on any atom is -0.389 e. The molecule has 0 amide bonds. The van der Waals surface area contributed by atoms with E-state index in [1.807, 2.05) is 6.07 Å². The van der Waals surface area contributed by atoms with E-state index in [2.05, 4.69) is 17.1 Å². The Balaban J connectivity index is 1.92. The zero-order valence-corrected chi connectivity index (χ0v) is 12.7. The minimum atomic E-state index is -0.368. The molecule has 3 N–H and O–H groups in total. The molecule has 0 aromatic heterocycles. The normalized spacial score (nSPS) is 17.7. The lowest BCUT2D eigenvalue weighted by Crippen LogP contribution is -2.38. The standard InChI is InChI=1S/C15H22FN3S/c1-11(10-19-7-3-2-4-8-19)18-12-5-6-13(15(17)20)14(16)9-12/h5-6,9,11,18H,2-4,7-8,10H2,1H3,(H2,17,20). The maximum Gasteiger partial charge on any atom is 0.135 e. The Bertz CT molecular complexity index is 472. The number of halogens is 1. The molecule has 1 unspecified atom stereocenters. The van der Waals surface area contributed by atoms with Gasteiger partial charge in [0, 0.05) is 23.8 Å². The molecular formula is C15H22FN3S. The average molecular weight is 295 g/mol. The van der Waals surface area contributed by atoms with Crippen LogP contribution in [0, 0.1) is 5.82 Å². The molecule has 3 nitrogen and oxygen atoms in total. The third kappa shape index (κ3) is 4.15. The van der Waals surface area contributed by atoms with Crippen LogP contribution in [0.25, 0.3) is 0 Å². The average Bonchev–Trinajstić information content (AvgIpc) is 2.39. The summed E-state index contributed by atoms with van der Waals surface area (Å²) in [4.78, 5) is 2.55. The second-order valence-electron chi connectivity index (χ2n) is 5.47. The lowest BCUT2D eigenvalue weighted by atomic mass is 10.1. The number of anilines is 1. The Kier molecular flexibility index (Phi) is 5.31. The number of hydrogen-bond donors (Lipinski definition) is 2. The van der Waals surface area contributed by atoms with Gasteiger partial charge in [0.25, 0.3) is 0 Å². The molecule has 1 aromatic carbocycles. The molecule has 0 aliphatic carbocycles. The third-order valence-electron chi connectivity index (χ3n) is 3.63. The van der Waals surface area contributed by atoms with Crippen LogP contribution in [-0.4, -0.2) is 35.6 Å². The molecule has 1 atom stereocenters. The molecule has 1 heterocycles. The molecule has 1 aliphatic rings. The summed E-state index contributed by atoms with van der Waals surface area (Å²) in [5.41, 5.74) is 6.52. The van der Waals surface area contributed by atoms with Crippen molar-refractivity contribution in [3.8, 4) is 0 Å². The first-order valence-electron chi connectivity index (χ1n) is 7.14. The molecule has 5 heteroatoms. The van der Waals surface area contributed by atoms with E-state index in [1.54, 1.807) is 6.07 Å². The Morgan fingerprint density at radius 3 is 2.70 bits per heavy atom. The number of likely N-dealkylation sites (tertiary alicyclic amines) is 1. The van der Waals surface area contributed by atoms with E-state index in [9.17, 15) is 4.39 Å². The largest absolute Gasteiger partial charge is 0.389 e. The fourth-order valence-corrected chi connectivity index (χ4v) is 2.83. The zero-order chi connectivity index (χ0) is 14.5. The topological polar surface area (TPSA) is 41.3 Å². The Labute approximate surface area is 125 Å². The van der Waals surface area contributed by atoms with Crippen molar-refractivity contribution < 1.29 is 4.39 Å². The third-order valence-corrected chi connectivity index (χ3v) is 3.85. The second-order valence-corrected chi connectivity index (χ2v) is 5.91. The van der Waals surface area contributed by atoms with Crippen molar-refractivity contribution in [2.45, 2.75) is 32.2 Å². The summed E-state index contributed by atoms with van der Waals surface area (Å²) in [7, 11) is 0. The van der Waals surface area contributed by atoms with Crippen LogP contribution in [0.1, 0.15) is 31.7 Å². The SMILES string of the molecule is CC(CN1CCCCC1)Nc1ccc(C(N)=S)c(F)c1. The maximum absolute atomic E-state index is 13.8. The van der Waals surface area contributed by atoms with Crippen LogP contribution >= 0.6 is 12.2 Å². The van der Waals surface area contributed by atoms with Gasteiger partial charge in [-0.3, -0.25) is 0 Å². The van der Waals surface area contributed by atoms with Crippen LogP contribution in [0.15, 0.2) is 18.2 Å². The van der Waals surface area contributed by atoms with Crippen LogP contribution in [0.5, 0.6) is 0 Å². The van der Waals surface area contributed by atoms with Gasteiger partial charge in [-0.2, -0.15) is 0 Å². The van der Waals surface area contributed by atoms with E-state index in [0.717, 1.165) is 12.2 Å². The van der Waals surface area contributed by atoms with Crippen LogP contribution in [0.2, 0.25) is 0 Å². The molecule has 0 bridgehead atoms. The number of nitrogens with one attached hydrogen (secondary N) is 1. The van der Waals surface area contributed by atoms with Crippen molar-refractivity contribution in [2.75, 3.05) is 25.0 Å². The minimum absolute atomic E-state index is 0.0930. The van der Waals surface area contributed by atoms with Crippen molar-refractivity contribution >= 4 is 22.9 Å². The van der Waals surface area contributed by atoms with Gasteiger partial charge >= 0.3 is 0 Å². The highest BCUT2D eigenvalue weighted by Crippen LogP contribution is 2.16. The number of rotatable bonds is 5. The molecule has 0 saturated carbocycles. The zero-order valence-electron chi connectivity index (χ0n) is 11.9. The smallest absolute Gasteiger partial charge is 0.135 e. The molecule has 0 radical (unpaired) electrons. The van der Waals surface area contributed by atoms with Gasteiger partial charge in [-0.1, -0.05) is 18.6 Å². The van der Waals surface area contributed by atoms with Gasteiger partial charge in [0.15, 0.2) is 0 Å². The highest BCUT2D eigenvalue weighted by Gasteiger charge is 2.14. The summed E-state index contributed by atoms with van der Waals surface area (Å²) < 4.78 is 13.8. The highest BCUT2D eigenvalue weighted by atomic mass is 32.1. The first-order valence-corrected chi connectivity index (χ1v) is 7.55. The quantitative estimate of drug-likeness (QED) is 0.820. The van der Waals surface area contributed by atoms with Crippen molar-refractivity contribution in [3.05, 3.63) is 29.6 Å². The predicted molar refractivity (Wildman–Crippen MR) is 85.7 cm³/mol. The van der Waals surface area contributed by atoms with Gasteiger partial charge in [-0.25, -0.2) is 4.39 Å². The van der Waals surface area contributed by atoms with Crippen molar-refractivity contribution in [1.82, 2.24) is 4.90 Å². The number of benzene rings is 1. The molecule has 1 aliphatic heterocycles. The summed E-state index contributed by atoms with van der Waals surface area (Å²) >= 11 is 4.80. The Morgan fingerprint density at radius 2 is 2.10 bits per heavy atom. The van der Waals surface area contributed by atoms with Crippen molar-refractivity contribution in [1.29, 1.82) is 0 Å². The first-order chi connectivity index (χ1) is 9.56. The van der Waals surface area contributed by atoms with Gasteiger partial charge in [0.2, 0.25) is 0 Å². The lowest BCUT2D eigenvalue weighted by molar-refractivity contribution is 0.223. The van der Waals surface area contributed by atoms with Crippen LogP contribution < -0.4 is 11.1 Å². The van der Waals surface area contributed by atoms with Crippen LogP contribution in [0.3, 0.4) is 0 Å². The number of piperidine rings is 1. The molecule has 1 saturated heterocycles. The Morgan fingerprint density at radius 1 is 1.40 bits per heavy atom. The summed E-state index contributed by atoms with van der Waals surface area (Å²) in [6.45, 7) is 5.44. The van der Waals surface area contributed by atoms with Gasteiger partial charge in [0.05, 0.1) is 0 Å². The number of nitrogens with zero attached hydrogens (tertiary/aromatic N) is 1. The van der Waals surface area contributed by atoms with Crippen LogP contribution in [0.4, 0.5) is 10.1 Å². The maximum atomic E-state index is 13.8. The molecule has 0 spiro atoms. The number of nitrogens with two attached hydrogens (primary N) is 1. The molecule has 2 rings (SSSR count). The molecule has 20 heavy (non-hydrogen) atoms. The summed E-state index contributed by atoms with van der Waals surface area (Å²) in [5, 5.41) is 3.33. The first kappa shape index (κ1) is 15.2. The van der Waals surface area contributed by atoms with E-state index >= 15 is 0 Å². The summed E-state index contributed by atoms with van der Waals surface area (Å²) in [5.74, 6) is -0.368. The summed E-state index contributed by atoms with van der Waals surface area (Å²) in [6.07, 6.45) is 3.90. The van der Waals surface area contributed by atoms with Gasteiger partial charge < -0.3 is 16.0 Å². The van der Waals surface area contributed by atoms with E-state index < -0.39 is 0 Å². The fourth-order valence-electron chi connectivity index (χ4n) is 2.66. The number of hydrogen-bond acceptors (Lipinski definition) is 3. The molecule has 1 aromatic rings. The van der Waals surface area contributed by atoms with Crippen LogP contribution in [-0.2, 0) is 0 Å². The molecular weight excluding hydrogens is 273 g/mol. The monoisotopic (exact) mass is 295 g/mol. The van der Waals surface area contributed by atoms with E-state index in [4.69, 9.17) is 18.0 Å². The van der Waals surface area contributed by atoms with Gasteiger partial charge in [-0.15, -0.1) is 0 Å². The highest BCUT2D eigenvalue weighted by molar-refractivity contribution is 7.80. The number of thiocarbonyl (C=S) groups is 1. The molecule has 1 fully saturated rings. The second kappa shape index (κ2) is 6.99. The fraction of sp³-hybridized carbons (Fsp3) is 0.533. The van der Waals surface area contributed by atoms with E-state index in [0.29, 0.717) is 5.56 Å². The Hall–Kier alpha value is -1.20.